The van der Waals surface area contributed by atoms with Gasteiger partial charge in [0, 0.05) is 11.6 Å². The molecule has 1 unspecified atom stereocenters. The Morgan fingerprint density at radius 2 is 1.94 bits per heavy atom. The van der Waals surface area contributed by atoms with Crippen LogP contribution in [0.4, 0.5) is 0 Å². The summed E-state index contributed by atoms with van der Waals surface area (Å²) in [5.74, 6) is 0. The van der Waals surface area contributed by atoms with Gasteiger partial charge in [0.1, 0.15) is 0 Å². The maximum absolute atomic E-state index is 3.84. The monoisotopic (exact) mass is 224 g/mol. The average Bonchev–Trinajstić information content (AvgIpc) is 2.31. The third-order valence-electron chi connectivity index (χ3n) is 4.27. The first kappa shape index (κ1) is 13.7. The Labute approximate surface area is 101 Å². The quantitative estimate of drug-likeness (QED) is 0.698. The molecule has 1 fully saturated rings. The highest BCUT2D eigenvalue weighted by Crippen LogP contribution is 2.36. The van der Waals surface area contributed by atoms with Crippen molar-refractivity contribution >= 4 is 0 Å². The van der Waals surface area contributed by atoms with E-state index in [2.05, 4.69) is 37.9 Å². The van der Waals surface area contributed by atoms with Crippen LogP contribution < -0.4 is 5.32 Å². The summed E-state index contributed by atoms with van der Waals surface area (Å²) in [5.41, 5.74) is 0.371. The van der Waals surface area contributed by atoms with Crippen molar-refractivity contribution in [3.05, 3.63) is 12.7 Å². The van der Waals surface area contributed by atoms with Gasteiger partial charge in [0.15, 0.2) is 0 Å². The Morgan fingerprint density at radius 1 is 1.31 bits per heavy atom. The third-order valence-corrected chi connectivity index (χ3v) is 4.27. The fourth-order valence-electron chi connectivity index (χ4n) is 3.24. The fourth-order valence-corrected chi connectivity index (χ4v) is 3.24. The van der Waals surface area contributed by atoms with Crippen LogP contribution in [0.15, 0.2) is 12.7 Å². The molecule has 0 bridgehead atoms. The molecule has 94 valence electrons. The van der Waals surface area contributed by atoms with Crippen LogP contribution in [0.1, 0.15) is 44.9 Å². The van der Waals surface area contributed by atoms with Gasteiger partial charge in [-0.2, -0.15) is 0 Å². The molecule has 0 heterocycles. The summed E-state index contributed by atoms with van der Waals surface area (Å²) in [6.07, 6.45) is 11.2. The van der Waals surface area contributed by atoms with Crippen molar-refractivity contribution in [1.29, 1.82) is 0 Å². The number of likely N-dealkylation sites (N-methyl/N-ethyl adjacent to an activating group) is 2. The molecule has 1 rings (SSSR count). The molecule has 0 saturated heterocycles. The van der Waals surface area contributed by atoms with Gasteiger partial charge in [-0.25, -0.2) is 0 Å². The van der Waals surface area contributed by atoms with Crippen LogP contribution in [0, 0.1) is 0 Å². The molecule has 1 N–H and O–H groups in total. The number of nitrogens with zero attached hydrogens (tertiary/aromatic N) is 1. The standard InChI is InChI=1S/C14H28N2/c1-5-6-10-13(15-2)14(16(3)4)11-8-7-9-12-14/h5,13,15H,1,6-12H2,2-4H3. The lowest BCUT2D eigenvalue weighted by atomic mass is 9.74. The van der Waals surface area contributed by atoms with E-state index in [4.69, 9.17) is 0 Å². The zero-order valence-corrected chi connectivity index (χ0v) is 11.3. The number of hydrogen-bond acceptors (Lipinski definition) is 2. The van der Waals surface area contributed by atoms with Crippen LogP contribution in [-0.2, 0) is 0 Å². The molecule has 16 heavy (non-hydrogen) atoms. The molecule has 2 nitrogen and oxygen atoms in total. The first-order chi connectivity index (χ1) is 7.67. The Hall–Kier alpha value is -0.340. The van der Waals surface area contributed by atoms with E-state index < -0.39 is 0 Å². The molecular formula is C14H28N2. The molecular weight excluding hydrogens is 196 g/mol. The summed E-state index contributed by atoms with van der Waals surface area (Å²) in [6, 6.07) is 0.598. The van der Waals surface area contributed by atoms with Crippen molar-refractivity contribution in [2.45, 2.75) is 56.5 Å². The first-order valence-corrected chi connectivity index (χ1v) is 6.63. The van der Waals surface area contributed by atoms with Crippen LogP contribution in [0.2, 0.25) is 0 Å². The molecule has 0 aromatic carbocycles. The molecule has 0 radical (unpaired) electrons. The second-order valence-electron chi connectivity index (χ2n) is 5.27. The number of hydrogen-bond donors (Lipinski definition) is 1. The van der Waals surface area contributed by atoms with E-state index in [9.17, 15) is 0 Å². The second-order valence-corrected chi connectivity index (χ2v) is 5.27. The van der Waals surface area contributed by atoms with Gasteiger partial charge in [-0.05, 0) is 46.8 Å². The van der Waals surface area contributed by atoms with Gasteiger partial charge in [0.2, 0.25) is 0 Å². The van der Waals surface area contributed by atoms with Crippen LogP contribution in [0.3, 0.4) is 0 Å². The normalized spacial score (nSPS) is 22.0. The topological polar surface area (TPSA) is 15.3 Å². The molecule has 0 spiro atoms. The van der Waals surface area contributed by atoms with E-state index in [1.165, 1.54) is 38.5 Å². The highest BCUT2D eigenvalue weighted by Gasteiger charge is 2.40. The van der Waals surface area contributed by atoms with Crippen LogP contribution in [-0.4, -0.2) is 37.6 Å². The summed E-state index contributed by atoms with van der Waals surface area (Å²) < 4.78 is 0. The lowest BCUT2D eigenvalue weighted by Crippen LogP contribution is -2.59. The highest BCUT2D eigenvalue weighted by atomic mass is 15.2. The smallest absolute Gasteiger partial charge is 0.0356 e. The minimum absolute atomic E-state index is 0.371. The maximum Gasteiger partial charge on any atom is 0.0356 e. The maximum atomic E-state index is 3.84. The molecule has 2 heteroatoms. The summed E-state index contributed by atoms with van der Waals surface area (Å²) in [6.45, 7) is 3.84. The summed E-state index contributed by atoms with van der Waals surface area (Å²) in [7, 11) is 6.58. The van der Waals surface area contributed by atoms with E-state index in [1.807, 2.05) is 6.08 Å². The van der Waals surface area contributed by atoms with Crippen molar-refractivity contribution in [2.75, 3.05) is 21.1 Å². The molecule has 0 aromatic heterocycles. The van der Waals surface area contributed by atoms with Crippen LogP contribution in [0.5, 0.6) is 0 Å². The molecule has 0 aromatic rings. The zero-order chi connectivity index (χ0) is 12.0. The Morgan fingerprint density at radius 3 is 2.38 bits per heavy atom. The van der Waals surface area contributed by atoms with Crippen LogP contribution >= 0.6 is 0 Å². The molecule has 1 aliphatic rings. The number of allylic oxidation sites excluding steroid dienone is 1. The molecule has 1 saturated carbocycles. The van der Waals surface area contributed by atoms with Gasteiger partial charge in [0.25, 0.3) is 0 Å². The minimum atomic E-state index is 0.371. The Balaban J connectivity index is 2.75. The van der Waals surface area contributed by atoms with Gasteiger partial charge >= 0.3 is 0 Å². The van der Waals surface area contributed by atoms with Crippen LogP contribution in [0.25, 0.3) is 0 Å². The second kappa shape index (κ2) is 6.41. The van der Waals surface area contributed by atoms with Gasteiger partial charge in [-0.1, -0.05) is 25.3 Å². The summed E-state index contributed by atoms with van der Waals surface area (Å²) in [5, 5.41) is 3.54. The average molecular weight is 224 g/mol. The van der Waals surface area contributed by atoms with Gasteiger partial charge < -0.3 is 10.2 Å². The lowest BCUT2D eigenvalue weighted by molar-refractivity contribution is 0.0568. The zero-order valence-electron chi connectivity index (χ0n) is 11.3. The molecule has 1 atom stereocenters. The van der Waals surface area contributed by atoms with E-state index in [-0.39, 0.29) is 0 Å². The molecule has 0 amide bonds. The third kappa shape index (κ3) is 2.86. The molecule has 0 aliphatic heterocycles. The van der Waals surface area contributed by atoms with E-state index >= 15 is 0 Å². The van der Waals surface area contributed by atoms with Crippen molar-refractivity contribution in [1.82, 2.24) is 10.2 Å². The van der Waals surface area contributed by atoms with Crippen molar-refractivity contribution in [3.8, 4) is 0 Å². The summed E-state index contributed by atoms with van der Waals surface area (Å²) in [4.78, 5) is 2.45. The van der Waals surface area contributed by atoms with Crippen molar-refractivity contribution in [3.63, 3.8) is 0 Å². The minimum Gasteiger partial charge on any atom is -0.315 e. The fraction of sp³-hybridized carbons (Fsp3) is 0.857. The summed E-state index contributed by atoms with van der Waals surface area (Å²) >= 11 is 0. The Kier molecular flexibility index (Phi) is 5.50. The Bertz CT molecular complexity index is 205. The largest absolute Gasteiger partial charge is 0.315 e. The number of nitrogens with one attached hydrogen (secondary N) is 1. The predicted molar refractivity (Wildman–Crippen MR) is 71.8 cm³/mol. The predicted octanol–water partition coefficient (Wildman–Crippen LogP) is 2.81. The highest BCUT2D eigenvalue weighted by molar-refractivity contribution is 5.00. The van der Waals surface area contributed by atoms with Gasteiger partial charge in [-0.15, -0.1) is 6.58 Å². The molecule has 1 aliphatic carbocycles. The number of rotatable bonds is 6. The van der Waals surface area contributed by atoms with E-state index in [1.54, 1.807) is 0 Å². The van der Waals surface area contributed by atoms with Gasteiger partial charge in [0.05, 0.1) is 0 Å². The SMILES string of the molecule is C=CCCC(NC)C1(N(C)C)CCCCC1. The van der Waals surface area contributed by atoms with E-state index in [0.29, 0.717) is 11.6 Å². The lowest BCUT2D eigenvalue weighted by Gasteiger charge is -2.48. The van der Waals surface area contributed by atoms with Gasteiger partial charge in [-0.3, -0.25) is 0 Å². The van der Waals surface area contributed by atoms with Crippen molar-refractivity contribution < 1.29 is 0 Å². The van der Waals surface area contributed by atoms with E-state index in [0.717, 1.165) is 6.42 Å². The van der Waals surface area contributed by atoms with Crippen molar-refractivity contribution in [2.24, 2.45) is 0 Å². The first-order valence-electron chi connectivity index (χ1n) is 6.63.